The van der Waals surface area contributed by atoms with E-state index in [0.29, 0.717) is 0 Å². The van der Waals surface area contributed by atoms with E-state index in [1.165, 1.54) is 89.9 Å². The Kier molecular flexibility index (Phi) is 19.1. The molecule has 0 aliphatic heterocycles. The monoisotopic (exact) mass is 369 g/mol. The summed E-state index contributed by atoms with van der Waals surface area (Å²) in [6.07, 6.45) is 23.3. The molecule has 156 valence electrons. The van der Waals surface area contributed by atoms with Gasteiger partial charge in [-0.2, -0.15) is 0 Å². The molecule has 2 atom stereocenters. The molecule has 0 aromatic rings. The minimum Gasteiger partial charge on any atom is -0.379 e. The Balaban J connectivity index is 3.27. The third-order valence-electron chi connectivity index (χ3n) is 5.14. The first-order valence-corrected chi connectivity index (χ1v) is 11.4. The minimum atomic E-state index is -0.566. The van der Waals surface area contributed by atoms with Crippen LogP contribution in [0.2, 0.25) is 0 Å². The second-order valence-electron chi connectivity index (χ2n) is 7.79. The summed E-state index contributed by atoms with van der Waals surface area (Å²) < 4.78 is 0. The van der Waals surface area contributed by atoms with Crippen molar-refractivity contribution in [2.75, 3.05) is 6.54 Å². The summed E-state index contributed by atoms with van der Waals surface area (Å²) in [7, 11) is 0. The van der Waals surface area contributed by atoms with E-state index in [-0.39, 0.29) is 0 Å². The molecule has 0 spiro atoms. The predicted octanol–water partition coefficient (Wildman–Crippen LogP) is 6.39. The van der Waals surface area contributed by atoms with Gasteiger partial charge in [-0.15, -0.1) is 0 Å². The molecule has 0 aliphatic rings. The molecule has 0 aromatic heterocycles. The Labute approximate surface area is 163 Å². The highest BCUT2D eigenvalue weighted by molar-refractivity contribution is 4.81. The summed E-state index contributed by atoms with van der Waals surface area (Å²) >= 11 is 0. The molecule has 3 nitrogen and oxygen atoms in total. The zero-order valence-electron chi connectivity index (χ0n) is 18.0. The van der Waals surface area contributed by atoms with E-state index >= 15 is 0 Å². The van der Waals surface area contributed by atoms with Crippen LogP contribution in [0, 0.1) is 0 Å². The van der Waals surface area contributed by atoms with Crippen molar-refractivity contribution < 1.29 is 10.2 Å². The smallest absolute Gasteiger partial charge is 0.106 e. The van der Waals surface area contributed by atoms with Gasteiger partial charge in [0, 0.05) is 6.54 Å². The van der Waals surface area contributed by atoms with E-state index < -0.39 is 12.5 Å². The molecule has 0 rings (SSSR count). The van der Waals surface area contributed by atoms with Gasteiger partial charge in [-0.25, -0.2) is 0 Å². The van der Waals surface area contributed by atoms with Crippen LogP contribution in [0.25, 0.3) is 0 Å². The van der Waals surface area contributed by atoms with Crippen molar-refractivity contribution in [3.8, 4) is 0 Å². The van der Waals surface area contributed by atoms with Crippen LogP contribution in [0.1, 0.15) is 117 Å². The van der Waals surface area contributed by atoms with Gasteiger partial charge in [0.05, 0.1) is 0 Å². The second-order valence-corrected chi connectivity index (χ2v) is 7.79. The number of rotatable bonds is 19. The number of nitrogens with zero attached hydrogens (tertiary/aromatic N) is 1. The highest BCUT2D eigenvalue weighted by atomic mass is 16.3. The Morgan fingerprint density at radius 3 is 1.42 bits per heavy atom. The number of aliphatic hydroxyl groups excluding tert-OH is 2. The van der Waals surface area contributed by atoms with Crippen LogP contribution >= 0.6 is 0 Å². The molecule has 0 bridgehead atoms. The van der Waals surface area contributed by atoms with Crippen LogP contribution in [0.5, 0.6) is 0 Å². The lowest BCUT2D eigenvalue weighted by Gasteiger charge is -2.27. The molecule has 0 saturated heterocycles. The predicted molar refractivity (Wildman–Crippen MR) is 114 cm³/mol. The van der Waals surface area contributed by atoms with Gasteiger partial charge in [-0.1, -0.05) is 83.3 Å². The van der Waals surface area contributed by atoms with Crippen LogP contribution in [-0.2, 0) is 0 Å². The van der Waals surface area contributed by atoms with Gasteiger partial charge in [0.2, 0.25) is 0 Å². The number of unbranched alkanes of at least 4 members (excludes halogenated alkanes) is 13. The third-order valence-corrected chi connectivity index (χ3v) is 5.14. The quantitative estimate of drug-likeness (QED) is 0.157. The van der Waals surface area contributed by atoms with E-state index in [0.717, 1.165) is 13.0 Å². The molecule has 0 aromatic carbocycles. The fraction of sp³-hybridized carbons (Fsp3) is 0.913. The fourth-order valence-electron chi connectivity index (χ4n) is 3.40. The van der Waals surface area contributed by atoms with E-state index in [4.69, 9.17) is 0 Å². The Hall–Kier alpha value is -0.380. The van der Waals surface area contributed by atoms with Gasteiger partial charge in [0.1, 0.15) is 12.5 Å². The highest BCUT2D eigenvalue weighted by Crippen LogP contribution is 2.11. The molecule has 0 amide bonds. The summed E-state index contributed by atoms with van der Waals surface area (Å²) in [6, 6.07) is 0. The van der Waals surface area contributed by atoms with E-state index in [2.05, 4.69) is 19.1 Å². The maximum Gasteiger partial charge on any atom is 0.106 e. The summed E-state index contributed by atoms with van der Waals surface area (Å²) in [5, 5.41) is 19.2. The third kappa shape index (κ3) is 17.1. The first-order valence-electron chi connectivity index (χ1n) is 11.4. The lowest BCUT2D eigenvalue weighted by atomic mass is 10.1. The Bertz CT molecular complexity index is 295. The summed E-state index contributed by atoms with van der Waals surface area (Å²) in [4.78, 5) is 1.73. The number of hydrogen-bond acceptors (Lipinski definition) is 3. The van der Waals surface area contributed by atoms with E-state index in [1.54, 1.807) is 18.7 Å². The van der Waals surface area contributed by atoms with E-state index in [9.17, 15) is 10.2 Å². The number of hydrogen-bond donors (Lipinski definition) is 2. The van der Waals surface area contributed by atoms with Crippen molar-refractivity contribution in [2.45, 2.75) is 130 Å². The summed E-state index contributed by atoms with van der Waals surface area (Å²) in [6.45, 7) is 6.48. The van der Waals surface area contributed by atoms with Crippen molar-refractivity contribution >= 4 is 0 Å². The van der Waals surface area contributed by atoms with Crippen molar-refractivity contribution in [3.05, 3.63) is 12.2 Å². The fourth-order valence-corrected chi connectivity index (χ4v) is 3.40. The molecule has 0 saturated carbocycles. The molecule has 0 heterocycles. The molecule has 0 fully saturated rings. The van der Waals surface area contributed by atoms with Crippen LogP contribution in [0.3, 0.4) is 0 Å². The largest absolute Gasteiger partial charge is 0.379 e. The molecule has 3 heteroatoms. The lowest BCUT2D eigenvalue weighted by Crippen LogP contribution is -2.40. The van der Waals surface area contributed by atoms with Crippen molar-refractivity contribution in [3.63, 3.8) is 0 Å². The van der Waals surface area contributed by atoms with Gasteiger partial charge < -0.3 is 10.2 Å². The van der Waals surface area contributed by atoms with Crippen LogP contribution in [0.15, 0.2) is 12.2 Å². The average Bonchev–Trinajstić information content (AvgIpc) is 2.60. The van der Waals surface area contributed by atoms with E-state index in [1.807, 2.05) is 0 Å². The second kappa shape index (κ2) is 19.4. The first-order chi connectivity index (χ1) is 12.6. The average molecular weight is 370 g/mol. The van der Waals surface area contributed by atoms with Crippen molar-refractivity contribution in [2.24, 2.45) is 0 Å². The number of aliphatic hydroxyl groups is 2. The van der Waals surface area contributed by atoms with Gasteiger partial charge in [-0.05, 0) is 46.0 Å². The normalized spacial score (nSPS) is 14.4. The molecular weight excluding hydrogens is 322 g/mol. The van der Waals surface area contributed by atoms with Gasteiger partial charge >= 0.3 is 0 Å². The highest BCUT2D eigenvalue weighted by Gasteiger charge is 2.14. The van der Waals surface area contributed by atoms with Gasteiger partial charge in [0.25, 0.3) is 0 Å². The van der Waals surface area contributed by atoms with Crippen LogP contribution < -0.4 is 0 Å². The maximum absolute atomic E-state index is 9.58. The summed E-state index contributed by atoms with van der Waals surface area (Å²) in [5.74, 6) is 0. The minimum absolute atomic E-state index is 0.566. The standard InChI is InChI=1S/C23H47NO2/c1-4-5-6-7-8-9-10-11-12-13-14-15-16-17-18-19-20-21-24(22(2)25)23(3)26/h11-12,22-23,25-26H,4-10,13-21H2,1-3H3/b12-11-. The first kappa shape index (κ1) is 25.6. The lowest BCUT2D eigenvalue weighted by molar-refractivity contribution is -0.0844. The van der Waals surface area contributed by atoms with Crippen molar-refractivity contribution in [1.82, 2.24) is 4.90 Å². The molecular formula is C23H47NO2. The zero-order valence-corrected chi connectivity index (χ0v) is 18.0. The maximum atomic E-state index is 9.58. The SMILES string of the molecule is CCCCCCCC/C=C\CCCCCCCCCN(C(C)O)C(C)O. The van der Waals surface area contributed by atoms with Crippen LogP contribution in [0.4, 0.5) is 0 Å². The molecule has 0 radical (unpaired) electrons. The molecule has 2 unspecified atom stereocenters. The molecule has 2 N–H and O–H groups in total. The van der Waals surface area contributed by atoms with Crippen molar-refractivity contribution in [1.29, 1.82) is 0 Å². The molecule has 0 aliphatic carbocycles. The zero-order chi connectivity index (χ0) is 19.5. The molecule has 26 heavy (non-hydrogen) atoms. The summed E-state index contributed by atoms with van der Waals surface area (Å²) in [5.41, 5.74) is 0. The van der Waals surface area contributed by atoms with Gasteiger partial charge in [-0.3, -0.25) is 4.90 Å². The topological polar surface area (TPSA) is 43.7 Å². The van der Waals surface area contributed by atoms with Crippen LogP contribution in [-0.4, -0.2) is 34.1 Å². The number of allylic oxidation sites excluding steroid dienone is 2. The van der Waals surface area contributed by atoms with Gasteiger partial charge in [0.15, 0.2) is 0 Å². The Morgan fingerprint density at radius 2 is 1.00 bits per heavy atom. The Morgan fingerprint density at radius 1 is 0.615 bits per heavy atom.